The summed E-state index contributed by atoms with van der Waals surface area (Å²) < 4.78 is 16.7. The van der Waals surface area contributed by atoms with Gasteiger partial charge >= 0.3 is 0 Å². The fraction of sp³-hybridized carbons (Fsp3) is 0.391. The van der Waals surface area contributed by atoms with E-state index in [2.05, 4.69) is 40.5 Å². The predicted molar refractivity (Wildman–Crippen MR) is 128 cm³/mol. The van der Waals surface area contributed by atoms with Gasteiger partial charge in [0.05, 0.1) is 18.3 Å². The fourth-order valence-electron chi connectivity index (χ4n) is 4.04. The van der Waals surface area contributed by atoms with Gasteiger partial charge in [-0.15, -0.1) is 0 Å². The highest BCUT2D eigenvalue weighted by molar-refractivity contribution is 5.58. The molecule has 0 amide bonds. The Balaban J connectivity index is 1.43. The average molecular weight is 478 g/mol. The summed E-state index contributed by atoms with van der Waals surface area (Å²) >= 11 is 0. The summed E-state index contributed by atoms with van der Waals surface area (Å²) in [6.07, 6.45) is 5.15. The van der Waals surface area contributed by atoms with E-state index in [-0.39, 0.29) is 6.04 Å². The van der Waals surface area contributed by atoms with E-state index in [4.69, 9.17) is 19.0 Å². The summed E-state index contributed by atoms with van der Waals surface area (Å²) in [7, 11) is 1.63. The van der Waals surface area contributed by atoms with Crippen LogP contribution in [-0.4, -0.2) is 62.2 Å². The molecule has 4 aromatic rings. The number of aromatic amines is 1. The Hall–Kier alpha value is -4.06. The van der Waals surface area contributed by atoms with E-state index in [0.29, 0.717) is 48.1 Å². The minimum absolute atomic E-state index is 0.0667. The van der Waals surface area contributed by atoms with Gasteiger partial charge in [0.1, 0.15) is 23.8 Å². The number of aryl methyl sites for hydroxylation is 2. The van der Waals surface area contributed by atoms with Crippen LogP contribution in [0.1, 0.15) is 36.0 Å². The molecule has 12 nitrogen and oxygen atoms in total. The van der Waals surface area contributed by atoms with Crippen molar-refractivity contribution in [1.29, 1.82) is 0 Å². The highest BCUT2D eigenvalue weighted by Gasteiger charge is 2.32. The van der Waals surface area contributed by atoms with Crippen molar-refractivity contribution < 1.29 is 14.0 Å². The molecule has 0 spiro atoms. The summed E-state index contributed by atoms with van der Waals surface area (Å²) in [5, 5.41) is 14.6. The molecule has 5 rings (SSSR count). The number of nitrogens with one attached hydrogen (secondary N) is 2. The van der Waals surface area contributed by atoms with Crippen molar-refractivity contribution in [2.75, 3.05) is 37.1 Å². The molecule has 0 aliphatic carbocycles. The van der Waals surface area contributed by atoms with Crippen LogP contribution >= 0.6 is 0 Å². The van der Waals surface area contributed by atoms with Crippen LogP contribution in [0.4, 0.5) is 17.6 Å². The van der Waals surface area contributed by atoms with Gasteiger partial charge in [0.2, 0.25) is 11.8 Å². The van der Waals surface area contributed by atoms with Crippen molar-refractivity contribution in [2.24, 2.45) is 0 Å². The molecule has 0 aromatic carbocycles. The highest BCUT2D eigenvalue weighted by Crippen LogP contribution is 2.37. The maximum atomic E-state index is 5.82. The molecular formula is C23H27N9O3. The first-order chi connectivity index (χ1) is 17.1. The van der Waals surface area contributed by atoms with Crippen molar-refractivity contribution in [1.82, 2.24) is 35.3 Å². The van der Waals surface area contributed by atoms with Crippen LogP contribution in [0.3, 0.4) is 0 Å². The largest absolute Gasteiger partial charge is 0.475 e. The Morgan fingerprint density at radius 1 is 1.11 bits per heavy atom. The van der Waals surface area contributed by atoms with Crippen LogP contribution in [-0.2, 0) is 4.74 Å². The summed E-state index contributed by atoms with van der Waals surface area (Å²) in [6.45, 7) is 5.44. The molecule has 5 heterocycles. The number of hydrogen-bond donors (Lipinski definition) is 2. The maximum Gasteiger partial charge on any atom is 0.231 e. The number of aromatic nitrogens is 7. The van der Waals surface area contributed by atoms with Gasteiger partial charge in [0.15, 0.2) is 11.6 Å². The lowest BCUT2D eigenvalue weighted by molar-refractivity contribution is 0.143. The van der Waals surface area contributed by atoms with Gasteiger partial charge in [-0.2, -0.15) is 15.1 Å². The van der Waals surface area contributed by atoms with E-state index in [1.54, 1.807) is 25.6 Å². The lowest BCUT2D eigenvalue weighted by Gasteiger charge is -2.23. The van der Waals surface area contributed by atoms with Crippen LogP contribution in [0.15, 0.2) is 35.1 Å². The molecule has 1 aliphatic heterocycles. The molecular weight excluding hydrogens is 450 g/mol. The normalized spacial score (nSPS) is 15.5. The SMILES string of the molecule is COCCOc1cc(Nc2cc(C)[nH]n2)nc(N2CCCC2c2cc(-c3nccnc3C)no2)n1. The molecule has 1 atom stereocenters. The van der Waals surface area contributed by atoms with Crippen LogP contribution in [0.5, 0.6) is 5.88 Å². The minimum Gasteiger partial charge on any atom is -0.475 e. The van der Waals surface area contributed by atoms with E-state index in [1.807, 2.05) is 26.0 Å². The Morgan fingerprint density at radius 3 is 2.80 bits per heavy atom. The van der Waals surface area contributed by atoms with Crippen LogP contribution in [0, 0.1) is 13.8 Å². The molecule has 4 aromatic heterocycles. The molecule has 2 N–H and O–H groups in total. The first-order valence-electron chi connectivity index (χ1n) is 11.4. The standard InChI is InChI=1S/C23H27N9O3/c1-14-11-20(30-29-14)26-19-13-21(34-10-9-33-3)28-23(27-19)32-8-4-5-17(32)18-12-16(31-35-18)22-15(2)24-6-7-25-22/h6-7,11-13,17H,4-5,8-10H2,1-3H3,(H2,26,27,28,29,30). The van der Waals surface area contributed by atoms with Crippen molar-refractivity contribution in [3.63, 3.8) is 0 Å². The second-order valence-electron chi connectivity index (χ2n) is 8.25. The number of ether oxygens (including phenoxy) is 2. The van der Waals surface area contributed by atoms with Gasteiger partial charge in [0, 0.05) is 49.9 Å². The highest BCUT2D eigenvalue weighted by atomic mass is 16.5. The van der Waals surface area contributed by atoms with Crippen LogP contribution in [0.2, 0.25) is 0 Å². The fourth-order valence-corrected chi connectivity index (χ4v) is 4.04. The molecule has 182 valence electrons. The maximum absolute atomic E-state index is 5.82. The third-order valence-corrected chi connectivity index (χ3v) is 5.68. The lowest BCUT2D eigenvalue weighted by Crippen LogP contribution is -2.25. The quantitative estimate of drug-likeness (QED) is 0.343. The van der Waals surface area contributed by atoms with E-state index in [1.165, 1.54) is 0 Å². The smallest absolute Gasteiger partial charge is 0.231 e. The molecule has 1 saturated heterocycles. The Bertz CT molecular complexity index is 1290. The van der Waals surface area contributed by atoms with Gasteiger partial charge in [-0.05, 0) is 26.7 Å². The van der Waals surface area contributed by atoms with Gasteiger partial charge in [-0.3, -0.25) is 15.1 Å². The van der Waals surface area contributed by atoms with E-state index >= 15 is 0 Å². The monoisotopic (exact) mass is 477 g/mol. The molecule has 1 fully saturated rings. The topological polar surface area (TPSA) is 140 Å². The zero-order chi connectivity index (χ0) is 24.2. The van der Waals surface area contributed by atoms with E-state index in [9.17, 15) is 0 Å². The number of rotatable bonds is 9. The molecule has 35 heavy (non-hydrogen) atoms. The molecule has 0 saturated carbocycles. The van der Waals surface area contributed by atoms with E-state index in [0.717, 1.165) is 36.5 Å². The Labute approximate surface area is 202 Å². The van der Waals surface area contributed by atoms with Crippen molar-refractivity contribution in [3.8, 4) is 17.3 Å². The third-order valence-electron chi connectivity index (χ3n) is 5.68. The Morgan fingerprint density at radius 2 is 2.00 bits per heavy atom. The zero-order valence-corrected chi connectivity index (χ0v) is 19.9. The number of nitrogens with zero attached hydrogens (tertiary/aromatic N) is 7. The molecule has 1 aliphatic rings. The van der Waals surface area contributed by atoms with Gasteiger partial charge < -0.3 is 24.2 Å². The Kier molecular flexibility index (Phi) is 6.53. The first kappa shape index (κ1) is 22.7. The molecule has 0 bridgehead atoms. The average Bonchev–Trinajstić information content (AvgIpc) is 3.60. The van der Waals surface area contributed by atoms with Gasteiger partial charge in [0.25, 0.3) is 0 Å². The second kappa shape index (κ2) is 10.1. The van der Waals surface area contributed by atoms with Gasteiger partial charge in [-0.1, -0.05) is 5.16 Å². The molecule has 12 heteroatoms. The second-order valence-corrected chi connectivity index (χ2v) is 8.25. The minimum atomic E-state index is -0.0667. The van der Waals surface area contributed by atoms with Crippen molar-refractivity contribution in [3.05, 3.63) is 47.7 Å². The third kappa shape index (κ3) is 5.06. The van der Waals surface area contributed by atoms with E-state index < -0.39 is 0 Å². The first-order valence-corrected chi connectivity index (χ1v) is 11.4. The zero-order valence-electron chi connectivity index (χ0n) is 19.9. The number of anilines is 3. The summed E-state index contributed by atoms with van der Waals surface area (Å²) in [4.78, 5) is 20.2. The van der Waals surface area contributed by atoms with Crippen molar-refractivity contribution >= 4 is 17.6 Å². The number of hydrogen-bond acceptors (Lipinski definition) is 11. The predicted octanol–water partition coefficient (Wildman–Crippen LogP) is 3.37. The van der Waals surface area contributed by atoms with Crippen LogP contribution < -0.4 is 15.0 Å². The van der Waals surface area contributed by atoms with Crippen LogP contribution in [0.25, 0.3) is 11.4 Å². The molecule has 0 radical (unpaired) electrons. The number of H-pyrrole nitrogens is 1. The summed E-state index contributed by atoms with van der Waals surface area (Å²) in [5.74, 6) is 2.95. The van der Waals surface area contributed by atoms with Gasteiger partial charge in [-0.25, -0.2) is 0 Å². The van der Waals surface area contributed by atoms with Crippen molar-refractivity contribution in [2.45, 2.75) is 32.7 Å². The summed E-state index contributed by atoms with van der Waals surface area (Å²) in [5.41, 5.74) is 3.10. The lowest BCUT2D eigenvalue weighted by atomic mass is 10.1. The summed E-state index contributed by atoms with van der Waals surface area (Å²) in [6, 6.07) is 5.50. The molecule has 1 unspecified atom stereocenters. The number of methoxy groups -OCH3 is 1.